The quantitative estimate of drug-likeness (QED) is 0.727. The first-order valence-electron chi connectivity index (χ1n) is 7.17. The standard InChI is InChI=1S/C15H20FN3O2/c1-10(19-7-5-11(6-8-19)14(17)20)15(21)18-13-4-2-3-12(16)9-13/h2-4,9-11H,5-8H2,1H3,(H2,17,20)(H,18,21)/p+1/t10-/m1/s1. The van der Waals surface area contributed by atoms with Crippen molar-refractivity contribution >= 4 is 17.5 Å². The Kier molecular flexibility index (Phi) is 4.90. The van der Waals surface area contributed by atoms with Crippen LogP contribution in [0.15, 0.2) is 24.3 Å². The highest BCUT2D eigenvalue weighted by atomic mass is 19.1. The highest BCUT2D eigenvalue weighted by molar-refractivity contribution is 5.93. The fraction of sp³-hybridized carbons (Fsp3) is 0.467. The molecule has 1 aromatic carbocycles. The molecule has 21 heavy (non-hydrogen) atoms. The van der Waals surface area contributed by atoms with E-state index >= 15 is 0 Å². The summed E-state index contributed by atoms with van der Waals surface area (Å²) in [6.45, 7) is 3.32. The molecule has 1 aliphatic rings. The number of rotatable bonds is 4. The van der Waals surface area contributed by atoms with Crippen molar-refractivity contribution in [3.05, 3.63) is 30.1 Å². The molecule has 1 aliphatic heterocycles. The molecule has 1 saturated heterocycles. The number of likely N-dealkylation sites (tertiary alicyclic amines) is 1. The van der Waals surface area contributed by atoms with Crippen LogP contribution in [0.3, 0.4) is 0 Å². The molecule has 0 unspecified atom stereocenters. The molecule has 6 heteroatoms. The van der Waals surface area contributed by atoms with Crippen molar-refractivity contribution in [3.63, 3.8) is 0 Å². The third kappa shape index (κ3) is 4.01. The number of hydrogen-bond acceptors (Lipinski definition) is 2. The highest BCUT2D eigenvalue weighted by Crippen LogP contribution is 2.10. The maximum absolute atomic E-state index is 13.1. The second kappa shape index (κ2) is 6.67. The van der Waals surface area contributed by atoms with E-state index in [1.54, 1.807) is 12.1 Å². The molecule has 114 valence electrons. The van der Waals surface area contributed by atoms with E-state index in [1.165, 1.54) is 12.1 Å². The summed E-state index contributed by atoms with van der Waals surface area (Å²) in [4.78, 5) is 24.5. The molecule has 0 radical (unpaired) electrons. The molecule has 1 atom stereocenters. The summed E-state index contributed by atoms with van der Waals surface area (Å²) in [5, 5.41) is 2.72. The summed E-state index contributed by atoms with van der Waals surface area (Å²) in [6.07, 6.45) is 1.42. The maximum atomic E-state index is 13.1. The van der Waals surface area contributed by atoms with E-state index in [0.29, 0.717) is 18.5 Å². The van der Waals surface area contributed by atoms with Crippen LogP contribution in [0.25, 0.3) is 0 Å². The largest absolute Gasteiger partial charge is 0.369 e. The van der Waals surface area contributed by atoms with Gasteiger partial charge in [0.2, 0.25) is 5.91 Å². The second-order valence-electron chi connectivity index (χ2n) is 5.56. The molecule has 0 aromatic heterocycles. The zero-order valence-electron chi connectivity index (χ0n) is 12.1. The number of nitrogens with two attached hydrogens (primary N) is 1. The van der Waals surface area contributed by atoms with E-state index in [-0.39, 0.29) is 29.6 Å². The van der Waals surface area contributed by atoms with Gasteiger partial charge in [0.15, 0.2) is 6.04 Å². The van der Waals surface area contributed by atoms with Gasteiger partial charge in [-0.2, -0.15) is 0 Å². The van der Waals surface area contributed by atoms with Gasteiger partial charge < -0.3 is 16.0 Å². The number of amides is 2. The van der Waals surface area contributed by atoms with Crippen LogP contribution in [0.2, 0.25) is 0 Å². The van der Waals surface area contributed by atoms with E-state index < -0.39 is 0 Å². The van der Waals surface area contributed by atoms with Crippen LogP contribution < -0.4 is 16.0 Å². The first kappa shape index (κ1) is 15.4. The zero-order chi connectivity index (χ0) is 15.4. The number of hydrogen-bond donors (Lipinski definition) is 3. The first-order chi connectivity index (χ1) is 9.97. The number of carbonyl (C=O) groups excluding carboxylic acids is 2. The number of anilines is 1. The molecule has 1 aromatic rings. The molecule has 1 fully saturated rings. The molecular formula is C15H21FN3O2+. The molecule has 2 amide bonds. The van der Waals surface area contributed by atoms with Crippen LogP contribution in [0.5, 0.6) is 0 Å². The lowest BCUT2D eigenvalue weighted by Crippen LogP contribution is -3.17. The fourth-order valence-corrected chi connectivity index (χ4v) is 2.71. The van der Waals surface area contributed by atoms with E-state index in [4.69, 9.17) is 5.73 Å². The number of halogens is 1. The summed E-state index contributed by atoms with van der Waals surface area (Å²) in [5.74, 6) is -0.860. The fourth-order valence-electron chi connectivity index (χ4n) is 2.71. The topological polar surface area (TPSA) is 76.6 Å². The summed E-state index contributed by atoms with van der Waals surface area (Å²) < 4.78 is 13.1. The van der Waals surface area contributed by atoms with Gasteiger partial charge in [-0.3, -0.25) is 9.59 Å². The molecule has 4 N–H and O–H groups in total. The second-order valence-corrected chi connectivity index (χ2v) is 5.56. The van der Waals surface area contributed by atoms with Crippen LogP contribution >= 0.6 is 0 Å². The van der Waals surface area contributed by atoms with Crippen LogP contribution in [-0.4, -0.2) is 30.9 Å². The third-order valence-corrected chi connectivity index (χ3v) is 4.13. The molecule has 1 heterocycles. The normalized spacial score (nSPS) is 23.3. The number of primary amides is 1. The smallest absolute Gasteiger partial charge is 0.282 e. The highest BCUT2D eigenvalue weighted by Gasteiger charge is 2.31. The van der Waals surface area contributed by atoms with Crippen molar-refractivity contribution in [2.75, 3.05) is 18.4 Å². The zero-order valence-corrected chi connectivity index (χ0v) is 12.1. The number of carbonyl (C=O) groups is 2. The minimum Gasteiger partial charge on any atom is -0.369 e. The number of benzene rings is 1. The predicted octanol–water partition coefficient (Wildman–Crippen LogP) is -0.0671. The molecular weight excluding hydrogens is 273 g/mol. The van der Waals surface area contributed by atoms with Gasteiger partial charge in [0.1, 0.15) is 5.82 Å². The number of quaternary nitrogens is 1. The Labute approximate surface area is 123 Å². The Morgan fingerprint density at radius 2 is 2.05 bits per heavy atom. The number of piperidine rings is 1. The van der Waals surface area contributed by atoms with Crippen molar-refractivity contribution in [2.45, 2.75) is 25.8 Å². The molecule has 0 spiro atoms. The van der Waals surface area contributed by atoms with E-state index in [0.717, 1.165) is 18.0 Å². The summed E-state index contributed by atoms with van der Waals surface area (Å²) in [5.41, 5.74) is 5.76. The van der Waals surface area contributed by atoms with Crippen LogP contribution in [0, 0.1) is 11.7 Å². The average Bonchev–Trinajstić information content (AvgIpc) is 2.46. The Morgan fingerprint density at radius 1 is 1.38 bits per heavy atom. The Bertz CT molecular complexity index is 527. The summed E-state index contributed by atoms with van der Waals surface area (Å²) in [6, 6.07) is 5.59. The monoisotopic (exact) mass is 294 g/mol. The lowest BCUT2D eigenvalue weighted by Gasteiger charge is -2.31. The lowest BCUT2D eigenvalue weighted by molar-refractivity contribution is -0.919. The lowest BCUT2D eigenvalue weighted by atomic mass is 9.95. The Morgan fingerprint density at radius 3 is 2.62 bits per heavy atom. The third-order valence-electron chi connectivity index (χ3n) is 4.13. The molecule has 0 bridgehead atoms. The van der Waals surface area contributed by atoms with E-state index in [9.17, 15) is 14.0 Å². The average molecular weight is 294 g/mol. The van der Waals surface area contributed by atoms with Gasteiger partial charge in [-0.25, -0.2) is 4.39 Å². The van der Waals surface area contributed by atoms with Crippen molar-refractivity contribution in [1.82, 2.24) is 0 Å². The minimum atomic E-state index is -0.380. The number of nitrogens with one attached hydrogen (secondary N) is 2. The van der Waals surface area contributed by atoms with Crippen molar-refractivity contribution < 1.29 is 18.9 Å². The maximum Gasteiger partial charge on any atom is 0.282 e. The van der Waals surface area contributed by atoms with Gasteiger partial charge in [-0.05, 0) is 25.1 Å². The van der Waals surface area contributed by atoms with Crippen LogP contribution in [0.1, 0.15) is 19.8 Å². The van der Waals surface area contributed by atoms with Crippen molar-refractivity contribution in [1.29, 1.82) is 0 Å². The van der Waals surface area contributed by atoms with Gasteiger partial charge in [0, 0.05) is 24.4 Å². The van der Waals surface area contributed by atoms with Crippen molar-refractivity contribution in [2.24, 2.45) is 11.7 Å². The molecule has 5 nitrogen and oxygen atoms in total. The SMILES string of the molecule is C[C@H](C(=O)Nc1cccc(F)c1)[NH+]1CCC(C(N)=O)CC1. The van der Waals surface area contributed by atoms with Crippen LogP contribution in [-0.2, 0) is 9.59 Å². The predicted molar refractivity (Wildman–Crippen MR) is 77.1 cm³/mol. The Balaban J connectivity index is 1.90. The van der Waals surface area contributed by atoms with Gasteiger partial charge in [-0.1, -0.05) is 6.07 Å². The summed E-state index contributed by atoms with van der Waals surface area (Å²) >= 11 is 0. The molecule has 0 saturated carbocycles. The Hall–Kier alpha value is -1.95. The van der Waals surface area contributed by atoms with Gasteiger partial charge in [0.25, 0.3) is 5.91 Å². The van der Waals surface area contributed by atoms with Crippen LogP contribution in [0.4, 0.5) is 10.1 Å². The van der Waals surface area contributed by atoms with E-state index in [1.807, 2.05) is 6.92 Å². The first-order valence-corrected chi connectivity index (χ1v) is 7.17. The molecule has 0 aliphatic carbocycles. The van der Waals surface area contributed by atoms with Gasteiger partial charge in [0.05, 0.1) is 13.1 Å². The van der Waals surface area contributed by atoms with Crippen molar-refractivity contribution in [3.8, 4) is 0 Å². The van der Waals surface area contributed by atoms with Gasteiger partial charge in [-0.15, -0.1) is 0 Å². The van der Waals surface area contributed by atoms with Gasteiger partial charge >= 0.3 is 0 Å². The molecule has 2 rings (SSSR count). The summed E-state index contributed by atoms with van der Waals surface area (Å²) in [7, 11) is 0. The minimum absolute atomic E-state index is 0.0766. The van der Waals surface area contributed by atoms with E-state index in [2.05, 4.69) is 5.32 Å².